The molecule has 6 atom stereocenters. The molecule has 10 heteroatoms. The van der Waals surface area contributed by atoms with Crippen molar-refractivity contribution in [2.45, 2.75) is 63.4 Å². The molecule has 36 heavy (non-hydrogen) atoms. The number of ketones is 2. The van der Waals surface area contributed by atoms with Gasteiger partial charge in [-0.2, -0.15) is 0 Å². The molecule has 2 aromatic rings. The third kappa shape index (κ3) is 3.61. The molecule has 0 bridgehead atoms. The van der Waals surface area contributed by atoms with E-state index in [9.17, 15) is 35.1 Å². The summed E-state index contributed by atoms with van der Waals surface area (Å²) in [7, 11) is 0. The molecule has 1 aliphatic heterocycles. The molecule has 2 aromatic carbocycles. The van der Waals surface area contributed by atoms with Gasteiger partial charge in [-0.15, -0.1) is 0 Å². The fourth-order valence-electron chi connectivity index (χ4n) is 5.23. The highest BCUT2D eigenvalue weighted by Crippen LogP contribution is 2.51. The molecule has 0 aromatic heterocycles. The first-order valence-corrected chi connectivity index (χ1v) is 11.7. The molecule has 1 heterocycles. The van der Waals surface area contributed by atoms with Gasteiger partial charge in [-0.25, -0.2) is 0 Å². The Morgan fingerprint density at radius 2 is 1.78 bits per heavy atom. The van der Waals surface area contributed by atoms with Crippen LogP contribution in [0.2, 0.25) is 0 Å². The Kier molecular flexibility index (Phi) is 5.89. The van der Waals surface area contributed by atoms with Crippen LogP contribution in [0.5, 0.6) is 17.2 Å². The topological polar surface area (TPSA) is 180 Å². The molecule has 5 rings (SSSR count). The van der Waals surface area contributed by atoms with Crippen molar-refractivity contribution >= 4 is 17.6 Å². The third-order valence-electron chi connectivity index (χ3n) is 7.17. The number of fused-ring (bicyclic) bond motifs is 3. The Bertz CT molecular complexity index is 1300. The summed E-state index contributed by atoms with van der Waals surface area (Å²) in [4.78, 5) is 26.7. The van der Waals surface area contributed by atoms with Crippen LogP contribution in [0, 0.1) is 0 Å². The standard InChI is InChI=1S/C26H27NO9/c1-9(28)11-6-13-19(16(7-11)36-17-8-14(27)22(30)10(2)35-17)26(34)21-20(24(13)32)23(31)12-4-3-5-15(29)18(12)25(21)33/h3-6,9-10,14,16-17,22,28-30,32,34H,7-8,27H2,1-2H3. The van der Waals surface area contributed by atoms with Gasteiger partial charge in [-0.05, 0) is 31.6 Å². The predicted molar refractivity (Wildman–Crippen MR) is 126 cm³/mol. The fourth-order valence-corrected chi connectivity index (χ4v) is 5.23. The van der Waals surface area contributed by atoms with Gasteiger partial charge in [0, 0.05) is 35.6 Å². The zero-order valence-corrected chi connectivity index (χ0v) is 19.6. The molecule has 0 spiro atoms. The van der Waals surface area contributed by atoms with Crippen molar-refractivity contribution in [2.75, 3.05) is 0 Å². The van der Waals surface area contributed by atoms with Crippen molar-refractivity contribution in [1.29, 1.82) is 0 Å². The van der Waals surface area contributed by atoms with E-state index in [4.69, 9.17) is 15.2 Å². The molecule has 0 amide bonds. The Hall–Kier alpha value is -3.28. The number of aliphatic hydroxyl groups excluding tert-OH is 2. The van der Waals surface area contributed by atoms with E-state index in [2.05, 4.69) is 0 Å². The van der Waals surface area contributed by atoms with Gasteiger partial charge in [-0.3, -0.25) is 9.59 Å². The molecule has 0 radical (unpaired) electrons. The van der Waals surface area contributed by atoms with Gasteiger partial charge in [0.25, 0.3) is 0 Å². The number of aliphatic hydroxyl groups is 2. The second-order valence-corrected chi connectivity index (χ2v) is 9.52. The molecule has 7 N–H and O–H groups in total. The molecule has 0 saturated carbocycles. The number of hydrogen-bond acceptors (Lipinski definition) is 10. The van der Waals surface area contributed by atoms with Crippen LogP contribution < -0.4 is 5.73 Å². The van der Waals surface area contributed by atoms with Crippen molar-refractivity contribution in [2.24, 2.45) is 5.73 Å². The van der Waals surface area contributed by atoms with Gasteiger partial charge in [-0.1, -0.05) is 12.1 Å². The monoisotopic (exact) mass is 497 g/mol. The van der Waals surface area contributed by atoms with Crippen LogP contribution in [0.4, 0.5) is 0 Å². The summed E-state index contributed by atoms with van der Waals surface area (Å²) in [5.74, 6) is -3.07. The number of ether oxygens (including phenoxy) is 2. The van der Waals surface area contributed by atoms with E-state index >= 15 is 0 Å². The second kappa shape index (κ2) is 8.68. The summed E-state index contributed by atoms with van der Waals surface area (Å²) in [6, 6.07) is 3.39. The van der Waals surface area contributed by atoms with Gasteiger partial charge in [0.2, 0.25) is 5.78 Å². The number of benzene rings is 2. The van der Waals surface area contributed by atoms with E-state index in [1.54, 1.807) is 6.92 Å². The summed E-state index contributed by atoms with van der Waals surface area (Å²) in [5.41, 5.74) is 5.39. The van der Waals surface area contributed by atoms with E-state index in [0.717, 1.165) is 0 Å². The van der Waals surface area contributed by atoms with E-state index in [-0.39, 0.29) is 40.7 Å². The fraction of sp³-hybridized carbons (Fsp3) is 0.385. The molecule has 10 nitrogen and oxygen atoms in total. The average molecular weight is 498 g/mol. The molecular formula is C26H27NO9. The second-order valence-electron chi connectivity index (χ2n) is 9.52. The number of carbonyl (C=O) groups excluding carboxylic acids is 2. The lowest BCUT2D eigenvalue weighted by Crippen LogP contribution is -2.51. The van der Waals surface area contributed by atoms with Crippen molar-refractivity contribution < 1.29 is 44.6 Å². The zero-order valence-electron chi connectivity index (χ0n) is 19.6. The first kappa shape index (κ1) is 24.4. The van der Waals surface area contributed by atoms with E-state index in [0.29, 0.717) is 5.57 Å². The van der Waals surface area contributed by atoms with Gasteiger partial charge >= 0.3 is 0 Å². The van der Waals surface area contributed by atoms with Crippen LogP contribution in [0.15, 0.2) is 23.8 Å². The smallest absolute Gasteiger partial charge is 0.202 e. The van der Waals surface area contributed by atoms with Crippen LogP contribution in [-0.2, 0) is 9.47 Å². The molecular weight excluding hydrogens is 470 g/mol. The Labute approximate surface area is 206 Å². The van der Waals surface area contributed by atoms with Crippen LogP contribution in [0.3, 0.4) is 0 Å². The first-order valence-electron chi connectivity index (χ1n) is 11.7. The van der Waals surface area contributed by atoms with Crippen LogP contribution in [0.1, 0.15) is 75.8 Å². The number of nitrogens with two attached hydrogens (primary N) is 1. The van der Waals surface area contributed by atoms with Gasteiger partial charge in [0.05, 0.1) is 41.1 Å². The predicted octanol–water partition coefficient (Wildman–Crippen LogP) is 1.63. The van der Waals surface area contributed by atoms with E-state index in [1.165, 1.54) is 31.2 Å². The Balaban J connectivity index is 1.67. The first-order chi connectivity index (χ1) is 17.0. The van der Waals surface area contributed by atoms with Crippen molar-refractivity contribution in [3.8, 4) is 17.2 Å². The minimum absolute atomic E-state index is 0.0383. The number of phenolic OH excluding ortho intramolecular Hbond substituents is 3. The Morgan fingerprint density at radius 3 is 2.44 bits per heavy atom. The van der Waals surface area contributed by atoms with Crippen LogP contribution >= 0.6 is 0 Å². The van der Waals surface area contributed by atoms with Crippen molar-refractivity contribution in [3.05, 3.63) is 57.2 Å². The summed E-state index contributed by atoms with van der Waals surface area (Å²) in [5, 5.41) is 53.2. The highest BCUT2D eigenvalue weighted by atomic mass is 16.7. The minimum atomic E-state index is -0.987. The highest BCUT2D eigenvalue weighted by Gasteiger charge is 2.43. The maximum absolute atomic E-state index is 13.4. The maximum atomic E-state index is 13.4. The minimum Gasteiger partial charge on any atom is -0.507 e. The number of aromatic hydroxyl groups is 3. The number of hydrogen-bond donors (Lipinski definition) is 6. The quantitative estimate of drug-likeness (QED) is 0.291. The SMILES string of the molecule is CC(O)C1=Cc2c(O)c3c(c(O)c2C(OC2CC(N)C(O)C(C)O2)C1)C(=O)c1c(O)cccc1C3=O. The van der Waals surface area contributed by atoms with Gasteiger partial charge in [0.15, 0.2) is 12.1 Å². The van der Waals surface area contributed by atoms with Crippen molar-refractivity contribution in [1.82, 2.24) is 0 Å². The molecule has 3 aliphatic rings. The summed E-state index contributed by atoms with van der Waals surface area (Å²) < 4.78 is 11.9. The zero-order chi connectivity index (χ0) is 26.0. The largest absolute Gasteiger partial charge is 0.507 e. The summed E-state index contributed by atoms with van der Waals surface area (Å²) in [6.07, 6.45) is -2.64. The summed E-state index contributed by atoms with van der Waals surface area (Å²) in [6.45, 7) is 3.17. The lowest BCUT2D eigenvalue weighted by molar-refractivity contribution is -0.240. The number of phenols is 3. The molecule has 1 fully saturated rings. The van der Waals surface area contributed by atoms with Gasteiger partial charge < -0.3 is 40.7 Å². The Morgan fingerprint density at radius 1 is 1.08 bits per heavy atom. The van der Waals surface area contributed by atoms with Crippen LogP contribution in [-0.4, -0.2) is 67.7 Å². The molecule has 2 aliphatic carbocycles. The molecule has 6 unspecified atom stereocenters. The molecule has 190 valence electrons. The molecule has 1 saturated heterocycles. The average Bonchev–Trinajstić information content (AvgIpc) is 2.82. The number of carbonyl (C=O) groups is 2. The van der Waals surface area contributed by atoms with E-state index < -0.39 is 71.1 Å². The highest BCUT2D eigenvalue weighted by molar-refractivity contribution is 6.31. The van der Waals surface area contributed by atoms with Crippen molar-refractivity contribution in [3.63, 3.8) is 0 Å². The number of rotatable bonds is 3. The van der Waals surface area contributed by atoms with Gasteiger partial charge in [0.1, 0.15) is 17.2 Å². The van der Waals surface area contributed by atoms with Crippen LogP contribution in [0.25, 0.3) is 6.08 Å². The maximum Gasteiger partial charge on any atom is 0.202 e. The summed E-state index contributed by atoms with van der Waals surface area (Å²) >= 11 is 0. The lowest BCUT2D eigenvalue weighted by Gasteiger charge is -2.39. The lowest BCUT2D eigenvalue weighted by atomic mass is 9.77. The third-order valence-corrected chi connectivity index (χ3v) is 7.17. The normalized spacial score (nSPS) is 28.1. The van der Waals surface area contributed by atoms with E-state index in [1.807, 2.05) is 0 Å².